The highest BCUT2D eigenvalue weighted by atomic mass is 79.9. The molecule has 0 aliphatic carbocycles. The quantitative estimate of drug-likeness (QED) is 0.0978. The van der Waals surface area contributed by atoms with E-state index in [1.807, 2.05) is 0 Å². The number of aryl methyl sites for hydroxylation is 1. The number of carbonyl (C=O) groups excluding carboxylic acids is 4. The number of benzene rings is 4. The van der Waals surface area contributed by atoms with Crippen LogP contribution in [0.3, 0.4) is 0 Å². The molecule has 1 aliphatic heterocycles. The molecule has 1 aliphatic rings. The minimum absolute atomic E-state index is 0.189. The third kappa shape index (κ3) is 5.38. The summed E-state index contributed by atoms with van der Waals surface area (Å²) in [6.07, 6.45) is -1.08. The van der Waals surface area contributed by atoms with Crippen molar-refractivity contribution in [2.45, 2.75) is 20.0 Å². The summed E-state index contributed by atoms with van der Waals surface area (Å²) in [7, 11) is 1.53. The summed E-state index contributed by atoms with van der Waals surface area (Å²) in [5.74, 6) is -1.27. The summed E-state index contributed by atoms with van der Waals surface area (Å²) in [6, 6.07) is 23.2. The van der Waals surface area contributed by atoms with Gasteiger partial charge in [0.05, 0.1) is 45.7 Å². The normalized spacial score (nSPS) is 13.1. The number of halogens is 2. The van der Waals surface area contributed by atoms with Crippen LogP contribution in [0, 0.1) is 6.92 Å². The molecule has 0 spiro atoms. The molecule has 0 N–H and O–H groups in total. The largest absolute Gasteiger partial charge is 0.497 e. The van der Waals surface area contributed by atoms with Gasteiger partial charge in [0.15, 0.2) is 6.10 Å². The van der Waals surface area contributed by atoms with Crippen LogP contribution in [-0.4, -0.2) is 41.8 Å². The summed E-state index contributed by atoms with van der Waals surface area (Å²) in [5, 5.41) is 0.930. The zero-order chi connectivity index (χ0) is 32.0. The SMILES string of the molecule is COc1ccc(C(=O)C(C)OC(=O)c2cc(-c3ccc(N4C(=O)c5ccccc5C4=O)cc3)nc3c(C)c(Cl)c(Br)cc23)cc1. The molecule has 4 aromatic carbocycles. The third-order valence-corrected chi connectivity index (χ3v) is 9.03. The lowest BCUT2D eigenvalue weighted by Gasteiger charge is -2.17. The van der Waals surface area contributed by atoms with Gasteiger partial charge in [-0.05, 0) is 96.0 Å². The first kappa shape index (κ1) is 30.2. The Morgan fingerprint density at radius 3 is 2.13 bits per heavy atom. The summed E-state index contributed by atoms with van der Waals surface area (Å²) < 4.78 is 11.4. The molecule has 1 atom stereocenters. The van der Waals surface area contributed by atoms with Gasteiger partial charge in [-0.2, -0.15) is 0 Å². The number of nitrogens with zero attached hydrogens (tertiary/aromatic N) is 2. The fourth-order valence-electron chi connectivity index (χ4n) is 5.25. The average Bonchev–Trinajstić information content (AvgIpc) is 3.32. The summed E-state index contributed by atoms with van der Waals surface area (Å²) in [4.78, 5) is 58.6. The Kier molecular flexibility index (Phi) is 7.99. The van der Waals surface area contributed by atoms with Gasteiger partial charge < -0.3 is 9.47 Å². The van der Waals surface area contributed by atoms with Gasteiger partial charge in [0.2, 0.25) is 5.78 Å². The molecule has 2 heterocycles. The summed E-state index contributed by atoms with van der Waals surface area (Å²) >= 11 is 9.99. The van der Waals surface area contributed by atoms with E-state index in [2.05, 4.69) is 15.9 Å². The minimum atomic E-state index is -1.08. The van der Waals surface area contributed by atoms with Crippen molar-refractivity contribution in [1.29, 1.82) is 0 Å². The number of pyridine rings is 1. The number of imide groups is 1. The van der Waals surface area contributed by atoms with E-state index in [9.17, 15) is 19.2 Å². The van der Waals surface area contributed by atoms with Crippen molar-refractivity contribution in [3.05, 3.63) is 122 Å². The van der Waals surface area contributed by atoms with Crippen LogP contribution in [0.4, 0.5) is 5.69 Å². The number of hydrogen-bond acceptors (Lipinski definition) is 7. The van der Waals surface area contributed by atoms with E-state index in [1.54, 1.807) is 91.9 Å². The van der Waals surface area contributed by atoms with Crippen LogP contribution in [-0.2, 0) is 4.74 Å². The second-order valence-electron chi connectivity index (χ2n) is 10.4. The standard InChI is InChI=1S/C35H24BrClN2O6/c1-18-30(37)28(36)16-26-27(35(43)45-19(2)32(40)21-10-14-23(44-3)15-11-21)17-29(38-31(18)26)20-8-12-22(13-9-20)39-33(41)24-6-4-5-7-25(24)34(39)42/h4-17,19H,1-3H3. The van der Waals surface area contributed by atoms with Crippen molar-refractivity contribution in [1.82, 2.24) is 4.98 Å². The van der Waals surface area contributed by atoms with Crippen LogP contribution in [0.15, 0.2) is 89.4 Å². The van der Waals surface area contributed by atoms with E-state index >= 15 is 0 Å². The first-order valence-corrected chi connectivity index (χ1v) is 15.0. The number of esters is 1. The van der Waals surface area contributed by atoms with Crippen molar-refractivity contribution in [2.75, 3.05) is 12.0 Å². The Morgan fingerprint density at radius 1 is 0.911 bits per heavy atom. The van der Waals surface area contributed by atoms with E-state index < -0.39 is 23.9 Å². The van der Waals surface area contributed by atoms with Gasteiger partial charge in [0.25, 0.3) is 11.8 Å². The lowest BCUT2D eigenvalue weighted by Crippen LogP contribution is -2.29. The van der Waals surface area contributed by atoms with Gasteiger partial charge in [-0.1, -0.05) is 35.9 Å². The molecule has 0 saturated carbocycles. The Balaban J connectivity index is 1.35. The van der Waals surface area contributed by atoms with Gasteiger partial charge in [0, 0.05) is 21.0 Å². The molecular weight excluding hydrogens is 660 g/mol. The average molecular weight is 684 g/mol. The van der Waals surface area contributed by atoms with Crippen molar-refractivity contribution in [3.8, 4) is 17.0 Å². The van der Waals surface area contributed by atoms with Crippen LogP contribution in [0.25, 0.3) is 22.2 Å². The van der Waals surface area contributed by atoms with E-state index in [-0.39, 0.29) is 11.3 Å². The molecule has 224 valence electrons. The van der Waals surface area contributed by atoms with Gasteiger partial charge in [0.1, 0.15) is 5.75 Å². The number of hydrogen-bond donors (Lipinski definition) is 0. The number of ether oxygens (including phenoxy) is 2. The Morgan fingerprint density at radius 2 is 1.53 bits per heavy atom. The first-order valence-electron chi connectivity index (χ1n) is 13.9. The van der Waals surface area contributed by atoms with Crippen LogP contribution < -0.4 is 9.64 Å². The molecule has 8 nitrogen and oxygen atoms in total. The first-order chi connectivity index (χ1) is 21.6. The molecular formula is C35H24BrClN2O6. The predicted octanol–water partition coefficient (Wildman–Crippen LogP) is 7.86. The lowest BCUT2D eigenvalue weighted by molar-refractivity contribution is 0.0320. The molecule has 45 heavy (non-hydrogen) atoms. The van der Waals surface area contributed by atoms with E-state index in [1.165, 1.54) is 14.0 Å². The van der Waals surface area contributed by atoms with Crippen molar-refractivity contribution in [2.24, 2.45) is 0 Å². The molecule has 0 bridgehead atoms. The van der Waals surface area contributed by atoms with E-state index in [0.29, 0.717) is 65.3 Å². The van der Waals surface area contributed by atoms with Crippen LogP contribution in [0.1, 0.15) is 53.9 Å². The number of amides is 2. The number of anilines is 1. The van der Waals surface area contributed by atoms with Gasteiger partial charge in [-0.25, -0.2) is 14.7 Å². The van der Waals surface area contributed by atoms with E-state index in [0.717, 1.165) is 4.90 Å². The van der Waals surface area contributed by atoms with Crippen molar-refractivity contribution >= 4 is 67.7 Å². The Bertz CT molecular complexity index is 2010. The molecule has 0 radical (unpaired) electrons. The maximum atomic E-state index is 13.7. The van der Waals surface area contributed by atoms with Crippen LogP contribution in [0.2, 0.25) is 5.02 Å². The number of fused-ring (bicyclic) bond motifs is 2. The Hall–Kier alpha value is -4.86. The summed E-state index contributed by atoms with van der Waals surface area (Å²) in [5.41, 5.74) is 3.83. The molecule has 0 saturated heterocycles. The molecule has 1 aromatic heterocycles. The highest BCUT2D eigenvalue weighted by Gasteiger charge is 2.36. The fraction of sp³-hybridized carbons (Fsp3) is 0.114. The highest BCUT2D eigenvalue weighted by molar-refractivity contribution is 9.10. The zero-order valence-corrected chi connectivity index (χ0v) is 26.6. The monoisotopic (exact) mass is 682 g/mol. The smallest absolute Gasteiger partial charge is 0.339 e. The van der Waals surface area contributed by atoms with Gasteiger partial charge in [-0.3, -0.25) is 14.4 Å². The number of ketones is 1. The zero-order valence-electron chi connectivity index (χ0n) is 24.3. The molecule has 10 heteroatoms. The maximum absolute atomic E-state index is 13.7. The maximum Gasteiger partial charge on any atom is 0.339 e. The number of rotatable bonds is 7. The van der Waals surface area contributed by atoms with Crippen molar-refractivity contribution in [3.63, 3.8) is 0 Å². The summed E-state index contributed by atoms with van der Waals surface area (Å²) in [6.45, 7) is 3.31. The topological polar surface area (TPSA) is 103 Å². The molecule has 6 rings (SSSR count). The van der Waals surface area contributed by atoms with Crippen molar-refractivity contribution < 1.29 is 28.7 Å². The van der Waals surface area contributed by atoms with E-state index in [4.69, 9.17) is 26.1 Å². The molecule has 0 fully saturated rings. The van der Waals surface area contributed by atoms with Crippen LogP contribution in [0.5, 0.6) is 5.75 Å². The fourth-order valence-corrected chi connectivity index (χ4v) is 5.92. The molecule has 1 unspecified atom stereocenters. The van der Waals surface area contributed by atoms with Gasteiger partial charge >= 0.3 is 5.97 Å². The second-order valence-corrected chi connectivity index (χ2v) is 11.7. The Labute approximate surface area is 271 Å². The predicted molar refractivity (Wildman–Crippen MR) is 174 cm³/mol. The number of aromatic nitrogens is 1. The third-order valence-electron chi connectivity index (χ3n) is 7.69. The molecule has 2 amide bonds. The van der Waals surface area contributed by atoms with Crippen LogP contribution >= 0.6 is 27.5 Å². The number of carbonyl (C=O) groups is 4. The van der Waals surface area contributed by atoms with Gasteiger partial charge in [-0.15, -0.1) is 0 Å². The number of Topliss-reactive ketones (excluding diaryl/α,β-unsaturated/α-hetero) is 1. The lowest BCUT2D eigenvalue weighted by atomic mass is 10.0. The number of methoxy groups -OCH3 is 1. The second kappa shape index (κ2) is 11.9. The molecule has 5 aromatic rings. The minimum Gasteiger partial charge on any atom is -0.497 e. The highest BCUT2D eigenvalue weighted by Crippen LogP contribution is 2.36.